The molecule has 0 saturated heterocycles. The first kappa shape index (κ1) is 10.2. The summed E-state index contributed by atoms with van der Waals surface area (Å²) < 4.78 is 7.33. The minimum atomic E-state index is 0.573. The molecule has 0 spiro atoms. The van der Waals surface area contributed by atoms with Gasteiger partial charge in [-0.05, 0) is 36.1 Å². The van der Waals surface area contributed by atoms with Crippen LogP contribution in [-0.4, -0.2) is 16.4 Å². The van der Waals surface area contributed by atoms with Crippen LogP contribution in [-0.2, 0) is 13.5 Å². The highest BCUT2D eigenvalue weighted by molar-refractivity contribution is 5.74. The number of nitrogens with two attached hydrogens (primary N) is 1. The Morgan fingerprint density at radius 2 is 2.29 bits per heavy atom. The summed E-state index contributed by atoms with van der Waals surface area (Å²) in [5.41, 5.74) is 9.25. The van der Waals surface area contributed by atoms with Gasteiger partial charge in [-0.25, -0.2) is 0 Å². The van der Waals surface area contributed by atoms with Gasteiger partial charge in [-0.3, -0.25) is 4.68 Å². The zero-order valence-corrected chi connectivity index (χ0v) is 9.81. The lowest BCUT2D eigenvalue weighted by Crippen LogP contribution is -2.08. The third kappa shape index (κ3) is 1.75. The van der Waals surface area contributed by atoms with Gasteiger partial charge in [0.25, 0.3) is 0 Å². The zero-order chi connectivity index (χ0) is 11.8. The fraction of sp³-hybridized carbons (Fsp3) is 0.308. The van der Waals surface area contributed by atoms with E-state index < -0.39 is 0 Å². The molecule has 4 nitrogen and oxygen atoms in total. The van der Waals surface area contributed by atoms with Crippen LogP contribution in [0, 0.1) is 0 Å². The van der Waals surface area contributed by atoms with Crippen molar-refractivity contribution in [1.29, 1.82) is 0 Å². The summed E-state index contributed by atoms with van der Waals surface area (Å²) in [7, 11) is 1.88. The Hall–Kier alpha value is -1.97. The first-order chi connectivity index (χ1) is 8.24. The minimum absolute atomic E-state index is 0.573. The molecule has 1 aromatic carbocycles. The first-order valence-electron chi connectivity index (χ1n) is 5.79. The third-order valence-corrected chi connectivity index (χ3v) is 3.08. The normalized spacial score (nSPS) is 14.2. The van der Waals surface area contributed by atoms with Crippen LogP contribution < -0.4 is 10.5 Å². The van der Waals surface area contributed by atoms with E-state index in [2.05, 4.69) is 11.2 Å². The maximum Gasteiger partial charge on any atom is 0.153 e. The van der Waals surface area contributed by atoms with Crippen LogP contribution in [0.2, 0.25) is 0 Å². The van der Waals surface area contributed by atoms with Gasteiger partial charge in [0, 0.05) is 18.8 Å². The van der Waals surface area contributed by atoms with Crippen LogP contribution in [0.4, 0.5) is 5.82 Å². The molecular formula is C13H15N3O. The molecule has 1 aliphatic rings. The third-order valence-electron chi connectivity index (χ3n) is 3.08. The molecule has 0 atom stereocenters. The maximum atomic E-state index is 5.89. The second-order valence-corrected chi connectivity index (χ2v) is 4.38. The van der Waals surface area contributed by atoms with E-state index in [-0.39, 0.29) is 0 Å². The van der Waals surface area contributed by atoms with Crippen LogP contribution in [0.25, 0.3) is 11.1 Å². The summed E-state index contributed by atoms with van der Waals surface area (Å²) in [5.74, 6) is 1.58. The largest absolute Gasteiger partial charge is 0.493 e. The number of nitrogens with zero attached hydrogens (tertiary/aromatic N) is 2. The number of ether oxygens (including phenoxy) is 1. The van der Waals surface area contributed by atoms with E-state index in [1.807, 2.05) is 25.4 Å². The average molecular weight is 229 g/mol. The summed E-state index contributed by atoms with van der Waals surface area (Å²) in [5, 5.41) is 4.16. The molecule has 1 aliphatic heterocycles. The fourth-order valence-electron chi connectivity index (χ4n) is 2.26. The summed E-state index contributed by atoms with van der Waals surface area (Å²) in [6.07, 6.45) is 4.10. The number of hydrogen-bond acceptors (Lipinski definition) is 3. The van der Waals surface area contributed by atoms with Crippen molar-refractivity contribution < 1.29 is 4.74 Å². The molecule has 1 aromatic heterocycles. The molecule has 88 valence electrons. The number of hydrogen-bond donors (Lipinski definition) is 1. The van der Waals surface area contributed by atoms with Gasteiger partial charge in [0.05, 0.1) is 6.61 Å². The standard InChI is InChI=1S/C13H15N3O/c1-16-8-11(13(14)15-16)9-4-5-12-10(7-9)3-2-6-17-12/h4-5,7-8H,2-3,6H2,1H3,(H2,14,15). The van der Waals surface area contributed by atoms with Crippen LogP contribution >= 0.6 is 0 Å². The molecule has 2 heterocycles. The van der Waals surface area contributed by atoms with Gasteiger partial charge in [-0.1, -0.05) is 6.07 Å². The van der Waals surface area contributed by atoms with Gasteiger partial charge in [0.2, 0.25) is 0 Å². The number of nitrogen functional groups attached to an aromatic ring is 1. The number of rotatable bonds is 1. The number of benzene rings is 1. The fourth-order valence-corrected chi connectivity index (χ4v) is 2.26. The van der Waals surface area contributed by atoms with Crippen molar-refractivity contribution in [2.75, 3.05) is 12.3 Å². The smallest absolute Gasteiger partial charge is 0.153 e. The topological polar surface area (TPSA) is 53.1 Å². The summed E-state index contributed by atoms with van der Waals surface area (Å²) in [4.78, 5) is 0. The van der Waals surface area contributed by atoms with Crippen molar-refractivity contribution in [3.05, 3.63) is 30.0 Å². The Morgan fingerprint density at radius 3 is 3.06 bits per heavy atom. The molecule has 4 heteroatoms. The van der Waals surface area contributed by atoms with Crippen molar-refractivity contribution in [2.24, 2.45) is 7.05 Å². The minimum Gasteiger partial charge on any atom is -0.493 e. The van der Waals surface area contributed by atoms with E-state index >= 15 is 0 Å². The first-order valence-corrected chi connectivity index (χ1v) is 5.79. The van der Waals surface area contributed by atoms with Gasteiger partial charge in [-0.2, -0.15) is 5.10 Å². The lowest BCUT2D eigenvalue weighted by molar-refractivity contribution is 0.288. The van der Waals surface area contributed by atoms with Crippen LogP contribution in [0.3, 0.4) is 0 Å². The second-order valence-electron chi connectivity index (χ2n) is 4.38. The van der Waals surface area contributed by atoms with Crippen molar-refractivity contribution in [3.8, 4) is 16.9 Å². The average Bonchev–Trinajstić information content (AvgIpc) is 2.68. The highest BCUT2D eigenvalue weighted by atomic mass is 16.5. The predicted molar refractivity (Wildman–Crippen MR) is 66.9 cm³/mol. The monoisotopic (exact) mass is 229 g/mol. The Morgan fingerprint density at radius 1 is 1.41 bits per heavy atom. The molecule has 2 aromatic rings. The van der Waals surface area contributed by atoms with Gasteiger partial charge in [0.1, 0.15) is 5.75 Å². The molecule has 0 fully saturated rings. The van der Waals surface area contributed by atoms with E-state index in [1.54, 1.807) is 4.68 Å². The number of aryl methyl sites for hydroxylation is 2. The Bertz CT molecular complexity index is 560. The molecule has 0 amide bonds. The van der Waals surface area contributed by atoms with Crippen molar-refractivity contribution in [2.45, 2.75) is 12.8 Å². The van der Waals surface area contributed by atoms with Crippen LogP contribution in [0.1, 0.15) is 12.0 Å². The quantitative estimate of drug-likeness (QED) is 0.813. The molecule has 0 aliphatic carbocycles. The predicted octanol–water partition coefficient (Wildman–Crippen LogP) is 1.99. The van der Waals surface area contributed by atoms with E-state index in [9.17, 15) is 0 Å². The summed E-state index contributed by atoms with van der Waals surface area (Å²) >= 11 is 0. The Labute approximate surface area is 100 Å². The van der Waals surface area contributed by atoms with Crippen molar-refractivity contribution in [3.63, 3.8) is 0 Å². The molecule has 0 bridgehead atoms. The molecular weight excluding hydrogens is 214 g/mol. The van der Waals surface area contributed by atoms with E-state index in [4.69, 9.17) is 10.5 Å². The molecule has 17 heavy (non-hydrogen) atoms. The Balaban J connectivity index is 2.06. The van der Waals surface area contributed by atoms with Gasteiger partial charge < -0.3 is 10.5 Å². The molecule has 3 rings (SSSR count). The Kier molecular flexibility index (Phi) is 2.28. The highest BCUT2D eigenvalue weighted by Crippen LogP contribution is 2.31. The van der Waals surface area contributed by atoms with Crippen LogP contribution in [0.15, 0.2) is 24.4 Å². The van der Waals surface area contributed by atoms with Crippen LogP contribution in [0.5, 0.6) is 5.75 Å². The van der Waals surface area contributed by atoms with E-state index in [0.717, 1.165) is 36.3 Å². The lowest BCUT2D eigenvalue weighted by atomic mass is 10.0. The van der Waals surface area contributed by atoms with Gasteiger partial charge >= 0.3 is 0 Å². The number of aromatic nitrogens is 2. The molecule has 2 N–H and O–H groups in total. The van der Waals surface area contributed by atoms with E-state index in [1.165, 1.54) is 5.56 Å². The summed E-state index contributed by atoms with van der Waals surface area (Å²) in [6.45, 7) is 0.821. The number of fused-ring (bicyclic) bond motifs is 1. The van der Waals surface area contributed by atoms with Crippen molar-refractivity contribution in [1.82, 2.24) is 9.78 Å². The van der Waals surface area contributed by atoms with Gasteiger partial charge in [-0.15, -0.1) is 0 Å². The maximum absolute atomic E-state index is 5.89. The molecule has 0 unspecified atom stereocenters. The SMILES string of the molecule is Cn1cc(-c2ccc3c(c2)CCCO3)c(N)n1. The molecule has 0 saturated carbocycles. The summed E-state index contributed by atoms with van der Waals surface area (Å²) in [6, 6.07) is 6.22. The van der Waals surface area contributed by atoms with E-state index in [0.29, 0.717) is 5.82 Å². The number of anilines is 1. The molecule has 0 radical (unpaired) electrons. The zero-order valence-electron chi connectivity index (χ0n) is 9.81. The van der Waals surface area contributed by atoms with Crippen molar-refractivity contribution >= 4 is 5.82 Å². The van der Waals surface area contributed by atoms with Gasteiger partial charge in [0.15, 0.2) is 5.82 Å². The highest BCUT2D eigenvalue weighted by Gasteiger charge is 2.13. The second kappa shape index (κ2) is 3.80. The lowest BCUT2D eigenvalue weighted by Gasteiger charge is -2.17.